The van der Waals surface area contributed by atoms with Crippen molar-refractivity contribution >= 4 is 5.97 Å². The van der Waals surface area contributed by atoms with E-state index in [1.54, 1.807) is 0 Å². The highest BCUT2D eigenvalue weighted by molar-refractivity contribution is 5.77. The van der Waals surface area contributed by atoms with Crippen LogP contribution in [0.15, 0.2) is 11.6 Å². The molecule has 6 heteroatoms. The highest BCUT2D eigenvalue weighted by Gasteiger charge is 2.72. The second-order valence-corrected chi connectivity index (χ2v) is 15.0. The van der Waals surface area contributed by atoms with Gasteiger partial charge in [0.25, 0.3) is 0 Å². The van der Waals surface area contributed by atoms with Crippen LogP contribution in [0, 0.1) is 50.2 Å². The fourth-order valence-electron chi connectivity index (χ4n) is 10.8. The standard InChI is InChI=1S/C30H48O6/c1-25(2)11-13-30(24(35)36)14-12-28(5)17(21(30)23(25)34)7-8-19-26(3)10-9-20(33)27(4,16-31)22(26)18(32)15-29(19,28)6/h7,18-23,31-34H,8-16H2,1-6H3,(H,35,36)/t18?,19-,20+,21?,22?,23+,26-,27-,28-,29-,30+/m1/s1. The Morgan fingerprint density at radius 3 is 2.22 bits per heavy atom. The number of aliphatic hydroxyl groups is 4. The van der Waals surface area contributed by atoms with Crippen molar-refractivity contribution in [2.24, 2.45) is 50.2 Å². The van der Waals surface area contributed by atoms with Crippen LogP contribution in [-0.4, -0.2) is 56.4 Å². The van der Waals surface area contributed by atoms with Crippen molar-refractivity contribution in [1.82, 2.24) is 0 Å². The Morgan fingerprint density at radius 1 is 0.972 bits per heavy atom. The highest BCUT2D eigenvalue weighted by atomic mass is 16.4. The van der Waals surface area contributed by atoms with E-state index >= 15 is 0 Å². The Bertz CT molecular complexity index is 974. The summed E-state index contributed by atoms with van der Waals surface area (Å²) in [5, 5.41) is 55.3. The summed E-state index contributed by atoms with van der Waals surface area (Å²) in [5.74, 6) is -1.19. The fourth-order valence-corrected chi connectivity index (χ4v) is 10.8. The summed E-state index contributed by atoms with van der Waals surface area (Å²) >= 11 is 0. The fraction of sp³-hybridized carbons (Fsp3) is 0.900. The van der Waals surface area contributed by atoms with E-state index in [1.807, 2.05) is 6.92 Å². The lowest BCUT2D eigenvalue weighted by Crippen LogP contribution is -2.70. The Hall–Kier alpha value is -0.950. The minimum atomic E-state index is -0.937. The van der Waals surface area contributed by atoms with Gasteiger partial charge in [-0.2, -0.15) is 0 Å². The van der Waals surface area contributed by atoms with Crippen molar-refractivity contribution < 1.29 is 30.3 Å². The first-order chi connectivity index (χ1) is 16.5. The molecule has 0 saturated heterocycles. The van der Waals surface area contributed by atoms with Gasteiger partial charge in [-0.15, -0.1) is 0 Å². The van der Waals surface area contributed by atoms with E-state index in [2.05, 4.69) is 40.7 Å². The van der Waals surface area contributed by atoms with E-state index in [1.165, 1.54) is 0 Å². The van der Waals surface area contributed by atoms with E-state index in [9.17, 15) is 30.3 Å². The molecule has 5 aliphatic rings. The second-order valence-electron chi connectivity index (χ2n) is 15.0. The van der Waals surface area contributed by atoms with Gasteiger partial charge in [0, 0.05) is 17.3 Å². The smallest absolute Gasteiger partial charge is 0.310 e. The van der Waals surface area contributed by atoms with E-state index in [0.717, 1.165) is 24.8 Å². The second kappa shape index (κ2) is 7.80. The minimum absolute atomic E-state index is 0.155. The topological polar surface area (TPSA) is 118 Å². The molecule has 0 bridgehead atoms. The summed E-state index contributed by atoms with van der Waals surface area (Å²) in [7, 11) is 0. The van der Waals surface area contributed by atoms with Crippen molar-refractivity contribution in [3.63, 3.8) is 0 Å². The molecular weight excluding hydrogens is 456 g/mol. The van der Waals surface area contributed by atoms with Gasteiger partial charge in [-0.25, -0.2) is 0 Å². The molecule has 0 amide bonds. The lowest BCUT2D eigenvalue weighted by molar-refractivity contribution is -0.254. The number of aliphatic carboxylic acids is 1. The number of carboxylic acid groups (broad SMARTS) is 1. The molecule has 0 heterocycles. The van der Waals surface area contributed by atoms with Gasteiger partial charge < -0.3 is 25.5 Å². The van der Waals surface area contributed by atoms with Crippen LogP contribution < -0.4 is 0 Å². The number of carbonyl (C=O) groups is 1. The Labute approximate surface area is 216 Å². The number of fused-ring (bicyclic) bond motifs is 7. The molecular formula is C30H48O6. The molecule has 0 radical (unpaired) electrons. The third-order valence-electron chi connectivity index (χ3n) is 13.3. The number of rotatable bonds is 2. The van der Waals surface area contributed by atoms with E-state index in [4.69, 9.17) is 0 Å². The molecule has 0 aromatic heterocycles. The lowest BCUT2D eigenvalue weighted by atomic mass is 9.33. The third-order valence-corrected chi connectivity index (χ3v) is 13.3. The van der Waals surface area contributed by atoms with Crippen LogP contribution in [0.3, 0.4) is 0 Å². The normalized spacial score (nSPS) is 55.9. The van der Waals surface area contributed by atoms with Crippen molar-refractivity contribution in [3.05, 3.63) is 11.6 Å². The Balaban J connectivity index is 1.65. The first kappa shape index (κ1) is 26.6. The van der Waals surface area contributed by atoms with Crippen LogP contribution in [0.4, 0.5) is 0 Å². The third kappa shape index (κ3) is 2.96. The summed E-state index contributed by atoms with van der Waals surface area (Å²) in [4.78, 5) is 12.8. The summed E-state index contributed by atoms with van der Waals surface area (Å²) in [6.07, 6.45) is 5.52. The zero-order valence-corrected chi connectivity index (χ0v) is 23.0. The molecule has 5 aliphatic carbocycles. The summed E-state index contributed by atoms with van der Waals surface area (Å²) < 4.78 is 0. The van der Waals surface area contributed by atoms with Crippen LogP contribution in [0.25, 0.3) is 0 Å². The lowest BCUT2D eigenvalue weighted by Gasteiger charge is -2.72. The minimum Gasteiger partial charge on any atom is -0.481 e. The molecule has 5 rings (SSSR count). The molecule has 0 aliphatic heterocycles. The first-order valence-corrected chi connectivity index (χ1v) is 14.1. The van der Waals surface area contributed by atoms with Crippen LogP contribution in [0.1, 0.15) is 92.9 Å². The molecule has 0 spiro atoms. The van der Waals surface area contributed by atoms with Gasteiger partial charge in [-0.3, -0.25) is 4.79 Å². The van der Waals surface area contributed by atoms with E-state index in [0.29, 0.717) is 32.1 Å². The van der Waals surface area contributed by atoms with Crippen molar-refractivity contribution in [2.75, 3.05) is 6.61 Å². The van der Waals surface area contributed by atoms with Gasteiger partial charge in [-0.1, -0.05) is 53.2 Å². The molecule has 3 unspecified atom stereocenters. The van der Waals surface area contributed by atoms with Crippen LogP contribution >= 0.6 is 0 Å². The maximum absolute atomic E-state index is 12.8. The van der Waals surface area contributed by atoms with Gasteiger partial charge in [0.2, 0.25) is 0 Å². The van der Waals surface area contributed by atoms with Gasteiger partial charge in [0.15, 0.2) is 0 Å². The number of hydrogen-bond donors (Lipinski definition) is 5. The zero-order chi connectivity index (χ0) is 26.7. The monoisotopic (exact) mass is 504 g/mol. The van der Waals surface area contributed by atoms with Crippen LogP contribution in [0.5, 0.6) is 0 Å². The van der Waals surface area contributed by atoms with Gasteiger partial charge in [0.05, 0.1) is 30.3 Å². The molecule has 204 valence electrons. The number of carboxylic acids is 1. The largest absolute Gasteiger partial charge is 0.481 e. The van der Waals surface area contributed by atoms with E-state index in [-0.39, 0.29) is 40.1 Å². The molecule has 5 N–H and O–H groups in total. The summed E-state index contributed by atoms with van der Waals surface area (Å²) in [6.45, 7) is 12.7. The first-order valence-electron chi connectivity index (χ1n) is 14.1. The van der Waals surface area contributed by atoms with Gasteiger partial charge in [0.1, 0.15) is 0 Å². The molecule has 0 aromatic carbocycles. The molecule has 4 saturated carbocycles. The SMILES string of the molecule is CC1(C)CC[C@]2(C(=O)O)CC[C@]3(C)C(=CC[C@@H]4[C@@]5(C)CC[C@H](O)[C@@](C)(CO)C5C(O)C[C@]43C)C2[C@@H]1O. The number of hydrogen-bond acceptors (Lipinski definition) is 5. The van der Waals surface area contributed by atoms with Gasteiger partial charge >= 0.3 is 5.97 Å². The maximum Gasteiger partial charge on any atom is 0.310 e. The van der Waals surface area contributed by atoms with Crippen molar-refractivity contribution in [1.29, 1.82) is 0 Å². The average Bonchev–Trinajstić information content (AvgIpc) is 2.79. The Kier molecular flexibility index (Phi) is 5.77. The highest BCUT2D eigenvalue weighted by Crippen LogP contribution is 2.75. The van der Waals surface area contributed by atoms with E-state index < -0.39 is 41.0 Å². The average molecular weight is 505 g/mol. The summed E-state index contributed by atoms with van der Waals surface area (Å²) in [6, 6.07) is 0. The number of allylic oxidation sites excluding steroid dienone is 1. The van der Waals surface area contributed by atoms with Crippen molar-refractivity contribution in [3.8, 4) is 0 Å². The molecule has 4 fully saturated rings. The predicted molar refractivity (Wildman–Crippen MR) is 137 cm³/mol. The quantitative estimate of drug-likeness (QED) is 0.361. The van der Waals surface area contributed by atoms with Crippen LogP contribution in [0.2, 0.25) is 0 Å². The zero-order valence-electron chi connectivity index (χ0n) is 23.0. The molecule has 11 atom stereocenters. The number of aliphatic hydroxyl groups excluding tert-OH is 4. The van der Waals surface area contributed by atoms with Crippen LogP contribution in [-0.2, 0) is 4.79 Å². The van der Waals surface area contributed by atoms with Crippen molar-refractivity contribution in [2.45, 2.75) is 111 Å². The molecule has 36 heavy (non-hydrogen) atoms. The molecule has 6 nitrogen and oxygen atoms in total. The predicted octanol–water partition coefficient (Wildman–Crippen LogP) is 4.15. The molecule has 0 aromatic rings. The Morgan fingerprint density at radius 2 is 1.61 bits per heavy atom. The maximum atomic E-state index is 12.8. The van der Waals surface area contributed by atoms with Gasteiger partial charge in [-0.05, 0) is 78.9 Å². The summed E-state index contributed by atoms with van der Waals surface area (Å²) in [5.41, 5.74) is -1.83.